The smallest absolute Gasteiger partial charge is 0.292 e. The molecule has 1 aromatic carbocycles. The molecular weight excluding hydrogens is 346 g/mol. The minimum Gasteiger partial charge on any atom is -0.351 e. The maximum atomic E-state index is 12.4. The number of benzene rings is 1. The molecule has 0 atom stereocenters. The molecule has 7 heteroatoms. The SMILES string of the molecule is Cc1cc(C(=O)N2CCC(c3nc4cc(Cl)ccc4s3)CC2)on1. The molecule has 24 heavy (non-hydrogen) atoms. The number of likely N-dealkylation sites (tertiary alicyclic amines) is 1. The summed E-state index contributed by atoms with van der Waals surface area (Å²) in [5.41, 5.74) is 1.68. The summed E-state index contributed by atoms with van der Waals surface area (Å²) in [5.74, 6) is 0.632. The summed E-state index contributed by atoms with van der Waals surface area (Å²) in [6.45, 7) is 3.23. The van der Waals surface area contributed by atoms with Crippen LogP contribution >= 0.6 is 22.9 Å². The minimum atomic E-state index is -0.0786. The van der Waals surface area contributed by atoms with Gasteiger partial charge in [-0.25, -0.2) is 4.98 Å². The van der Waals surface area contributed by atoms with Crippen molar-refractivity contribution >= 4 is 39.1 Å². The van der Waals surface area contributed by atoms with Crippen molar-refractivity contribution in [2.24, 2.45) is 0 Å². The topological polar surface area (TPSA) is 59.2 Å². The molecule has 1 aliphatic heterocycles. The monoisotopic (exact) mass is 361 g/mol. The van der Waals surface area contributed by atoms with Crippen LogP contribution in [0.4, 0.5) is 0 Å². The molecule has 0 radical (unpaired) electrons. The molecule has 0 N–H and O–H groups in total. The first kappa shape index (κ1) is 15.6. The van der Waals surface area contributed by atoms with Crippen molar-refractivity contribution in [2.75, 3.05) is 13.1 Å². The van der Waals surface area contributed by atoms with E-state index in [0.29, 0.717) is 29.8 Å². The van der Waals surface area contributed by atoms with Gasteiger partial charge in [0, 0.05) is 30.1 Å². The van der Waals surface area contributed by atoms with Crippen molar-refractivity contribution < 1.29 is 9.32 Å². The Morgan fingerprint density at radius 3 is 2.83 bits per heavy atom. The highest BCUT2D eigenvalue weighted by Gasteiger charge is 2.28. The van der Waals surface area contributed by atoms with Gasteiger partial charge in [0.1, 0.15) is 0 Å². The number of amides is 1. The summed E-state index contributed by atoms with van der Waals surface area (Å²) in [6.07, 6.45) is 1.82. The lowest BCUT2D eigenvalue weighted by Crippen LogP contribution is -2.37. The molecule has 0 unspecified atom stereocenters. The maximum absolute atomic E-state index is 12.4. The summed E-state index contributed by atoms with van der Waals surface area (Å²) >= 11 is 7.75. The first-order valence-corrected chi connectivity index (χ1v) is 9.08. The number of aromatic nitrogens is 2. The Labute approximate surface area is 148 Å². The molecule has 0 spiro atoms. The quantitative estimate of drug-likeness (QED) is 0.684. The van der Waals surface area contributed by atoms with Gasteiger partial charge in [-0.3, -0.25) is 4.79 Å². The van der Waals surface area contributed by atoms with Crippen molar-refractivity contribution in [3.05, 3.63) is 45.7 Å². The second-order valence-corrected chi connectivity index (χ2v) is 7.56. The number of carbonyl (C=O) groups is 1. The zero-order valence-corrected chi connectivity index (χ0v) is 14.7. The average molecular weight is 362 g/mol. The van der Waals surface area contributed by atoms with Crippen molar-refractivity contribution in [3.8, 4) is 0 Å². The van der Waals surface area contributed by atoms with Crippen molar-refractivity contribution in [1.82, 2.24) is 15.0 Å². The number of rotatable bonds is 2. The van der Waals surface area contributed by atoms with Gasteiger partial charge >= 0.3 is 0 Å². The predicted octanol–water partition coefficient (Wildman–Crippen LogP) is 4.27. The van der Waals surface area contributed by atoms with Gasteiger partial charge in [0.2, 0.25) is 5.76 Å². The van der Waals surface area contributed by atoms with Crippen molar-refractivity contribution in [1.29, 1.82) is 0 Å². The number of fused-ring (bicyclic) bond motifs is 1. The van der Waals surface area contributed by atoms with E-state index < -0.39 is 0 Å². The van der Waals surface area contributed by atoms with E-state index in [-0.39, 0.29) is 5.91 Å². The van der Waals surface area contributed by atoms with Gasteiger partial charge in [-0.2, -0.15) is 0 Å². The molecule has 1 saturated heterocycles. The van der Waals surface area contributed by atoms with Crippen LogP contribution in [0.3, 0.4) is 0 Å². The van der Waals surface area contributed by atoms with E-state index in [1.807, 2.05) is 30.0 Å². The van der Waals surface area contributed by atoms with Crippen LogP contribution in [-0.4, -0.2) is 34.0 Å². The molecule has 0 aliphatic carbocycles. The van der Waals surface area contributed by atoms with E-state index in [4.69, 9.17) is 21.1 Å². The Hall–Kier alpha value is -1.92. The lowest BCUT2D eigenvalue weighted by atomic mass is 9.97. The maximum Gasteiger partial charge on any atom is 0.292 e. The van der Waals surface area contributed by atoms with Crippen LogP contribution in [0.1, 0.15) is 40.0 Å². The molecule has 1 amide bonds. The predicted molar refractivity (Wildman–Crippen MR) is 93.7 cm³/mol. The number of piperidine rings is 1. The van der Waals surface area contributed by atoms with Gasteiger partial charge in [-0.15, -0.1) is 11.3 Å². The summed E-state index contributed by atoms with van der Waals surface area (Å²) < 4.78 is 6.24. The highest BCUT2D eigenvalue weighted by atomic mass is 35.5. The molecule has 1 aliphatic rings. The minimum absolute atomic E-state index is 0.0786. The molecule has 124 valence electrons. The zero-order valence-electron chi connectivity index (χ0n) is 13.2. The van der Waals surface area contributed by atoms with Crippen LogP contribution in [0.2, 0.25) is 5.02 Å². The molecule has 2 aromatic heterocycles. The molecule has 5 nitrogen and oxygen atoms in total. The summed E-state index contributed by atoms with van der Waals surface area (Å²) in [6, 6.07) is 7.50. The van der Waals surface area contributed by atoms with Crippen LogP contribution in [-0.2, 0) is 0 Å². The summed E-state index contributed by atoms with van der Waals surface area (Å²) in [7, 11) is 0. The highest BCUT2D eigenvalue weighted by Crippen LogP contribution is 2.34. The third-order valence-electron chi connectivity index (χ3n) is 4.34. The van der Waals surface area contributed by atoms with Crippen molar-refractivity contribution in [3.63, 3.8) is 0 Å². The van der Waals surface area contributed by atoms with Gasteiger partial charge in [-0.1, -0.05) is 16.8 Å². The van der Waals surface area contributed by atoms with E-state index in [2.05, 4.69) is 5.16 Å². The van der Waals surface area contributed by atoms with Gasteiger partial charge in [0.05, 0.1) is 20.9 Å². The summed E-state index contributed by atoms with van der Waals surface area (Å²) in [4.78, 5) is 19.0. The van der Waals surface area contributed by atoms with Crippen LogP contribution in [0.15, 0.2) is 28.8 Å². The normalized spacial score (nSPS) is 16.0. The fraction of sp³-hybridized carbons (Fsp3) is 0.353. The largest absolute Gasteiger partial charge is 0.351 e. The number of nitrogens with zero attached hydrogens (tertiary/aromatic N) is 3. The van der Waals surface area contributed by atoms with Crippen LogP contribution in [0, 0.1) is 6.92 Å². The first-order chi connectivity index (χ1) is 11.6. The number of hydrogen-bond acceptors (Lipinski definition) is 5. The third kappa shape index (κ3) is 2.91. The lowest BCUT2D eigenvalue weighted by Gasteiger charge is -2.30. The molecule has 1 fully saturated rings. The third-order valence-corrected chi connectivity index (χ3v) is 5.77. The van der Waals surface area contributed by atoms with E-state index in [1.165, 1.54) is 0 Å². The second-order valence-electron chi connectivity index (χ2n) is 6.06. The highest BCUT2D eigenvalue weighted by molar-refractivity contribution is 7.18. The number of aryl methyl sites for hydroxylation is 1. The Kier molecular flexibility index (Phi) is 4.02. The molecule has 3 aromatic rings. The Morgan fingerprint density at radius 2 is 2.12 bits per heavy atom. The van der Waals surface area contributed by atoms with E-state index in [9.17, 15) is 4.79 Å². The van der Waals surface area contributed by atoms with E-state index in [0.717, 1.165) is 33.8 Å². The van der Waals surface area contributed by atoms with E-state index >= 15 is 0 Å². The summed E-state index contributed by atoms with van der Waals surface area (Å²) in [5, 5.41) is 5.63. The van der Waals surface area contributed by atoms with Crippen molar-refractivity contribution in [2.45, 2.75) is 25.7 Å². The van der Waals surface area contributed by atoms with Crippen LogP contribution < -0.4 is 0 Å². The number of carbonyl (C=O) groups excluding carboxylic acids is 1. The Balaban J connectivity index is 1.46. The van der Waals surface area contributed by atoms with Gasteiger partial charge in [-0.05, 0) is 38.0 Å². The first-order valence-electron chi connectivity index (χ1n) is 7.89. The standard InChI is InChI=1S/C17H16ClN3O2S/c1-10-8-14(23-20-10)17(22)21-6-4-11(5-7-21)16-19-13-9-12(18)2-3-15(13)24-16/h2-3,8-9,11H,4-7H2,1H3. The van der Waals surface area contributed by atoms with E-state index in [1.54, 1.807) is 17.4 Å². The Morgan fingerprint density at radius 1 is 1.33 bits per heavy atom. The van der Waals surface area contributed by atoms with Gasteiger partial charge in [0.25, 0.3) is 5.91 Å². The molecule has 0 bridgehead atoms. The lowest BCUT2D eigenvalue weighted by molar-refractivity contribution is 0.0671. The van der Waals surface area contributed by atoms with Crippen LogP contribution in [0.25, 0.3) is 10.2 Å². The fourth-order valence-corrected chi connectivity index (χ4v) is 4.33. The molecule has 0 saturated carbocycles. The number of halogens is 1. The molecular formula is C17H16ClN3O2S. The average Bonchev–Trinajstić information content (AvgIpc) is 3.20. The Bertz CT molecular complexity index is 896. The molecule has 3 heterocycles. The van der Waals surface area contributed by atoms with Crippen LogP contribution in [0.5, 0.6) is 0 Å². The zero-order chi connectivity index (χ0) is 16.7. The number of thiazole rings is 1. The number of hydrogen-bond donors (Lipinski definition) is 0. The second kappa shape index (κ2) is 6.18. The van der Waals surface area contributed by atoms with Gasteiger partial charge in [0.15, 0.2) is 0 Å². The molecule has 4 rings (SSSR count). The van der Waals surface area contributed by atoms with Gasteiger partial charge < -0.3 is 9.42 Å². The fourth-order valence-electron chi connectivity index (χ4n) is 3.04.